The number of ether oxygens (including phenoxy) is 3. The lowest BCUT2D eigenvalue weighted by molar-refractivity contribution is -0.211. The maximum atomic E-state index is 13.2. The first kappa shape index (κ1) is 20.2. The van der Waals surface area contributed by atoms with E-state index in [9.17, 15) is 24.6 Å². The summed E-state index contributed by atoms with van der Waals surface area (Å²) in [5.74, 6) is -0.987. The Balaban J connectivity index is 1.61. The molecule has 1 aromatic carbocycles. The number of methoxy groups -OCH3 is 1. The van der Waals surface area contributed by atoms with Crippen molar-refractivity contribution in [2.45, 2.75) is 50.2 Å². The second kappa shape index (κ2) is 6.41. The zero-order valence-electron chi connectivity index (χ0n) is 17.3. The van der Waals surface area contributed by atoms with Gasteiger partial charge in [0.1, 0.15) is 23.8 Å². The monoisotopic (exact) mass is 432 g/mol. The van der Waals surface area contributed by atoms with Crippen molar-refractivity contribution in [1.82, 2.24) is 10.2 Å². The average Bonchev–Trinajstić information content (AvgIpc) is 3.11. The number of hydrogen-bond donors (Lipinski definition) is 3. The van der Waals surface area contributed by atoms with Gasteiger partial charge in [0.25, 0.3) is 0 Å². The smallest absolute Gasteiger partial charge is 0.326 e. The average molecular weight is 432 g/mol. The quantitative estimate of drug-likeness (QED) is 0.445. The van der Waals surface area contributed by atoms with Crippen LogP contribution in [0.2, 0.25) is 0 Å². The number of nitrogens with zero attached hydrogens (tertiary/aromatic N) is 1. The van der Waals surface area contributed by atoms with Crippen LogP contribution < -0.4 is 14.8 Å². The minimum absolute atomic E-state index is 0.0612. The summed E-state index contributed by atoms with van der Waals surface area (Å²) in [6, 6.07) is 3.61. The molecule has 3 fully saturated rings. The van der Waals surface area contributed by atoms with Crippen LogP contribution in [0.1, 0.15) is 25.8 Å². The van der Waals surface area contributed by atoms with Gasteiger partial charge in [-0.1, -0.05) is 13.0 Å². The lowest BCUT2D eigenvalue weighted by Gasteiger charge is -2.69. The predicted molar refractivity (Wildman–Crippen MR) is 103 cm³/mol. The zero-order chi connectivity index (χ0) is 22.3. The van der Waals surface area contributed by atoms with E-state index in [0.717, 1.165) is 0 Å². The van der Waals surface area contributed by atoms with Crippen molar-refractivity contribution >= 4 is 17.9 Å². The topological polar surface area (TPSA) is 135 Å². The Morgan fingerprint density at radius 3 is 2.65 bits per heavy atom. The number of urea groups is 1. The lowest BCUT2D eigenvalue weighted by atomic mass is 9.38. The van der Waals surface area contributed by atoms with Crippen LogP contribution in [0.25, 0.3) is 0 Å². The third-order valence-electron chi connectivity index (χ3n) is 7.74. The first-order chi connectivity index (χ1) is 14.7. The van der Waals surface area contributed by atoms with E-state index in [1.807, 2.05) is 6.92 Å². The molecule has 2 saturated heterocycles. The molecule has 7 unspecified atom stereocenters. The molecular formula is C21H24N2O8. The molecule has 0 aromatic heterocycles. The summed E-state index contributed by atoms with van der Waals surface area (Å²) >= 11 is 0. The van der Waals surface area contributed by atoms with Gasteiger partial charge < -0.3 is 24.4 Å². The number of nitrogens with one attached hydrogen (secondary N) is 1. The van der Waals surface area contributed by atoms with Crippen molar-refractivity contribution in [2.75, 3.05) is 13.7 Å². The molecule has 10 heteroatoms. The van der Waals surface area contributed by atoms with Crippen LogP contribution in [0, 0.1) is 11.3 Å². The summed E-state index contributed by atoms with van der Waals surface area (Å²) in [6.45, 7) is 3.14. The van der Waals surface area contributed by atoms with Gasteiger partial charge in [-0.15, -0.1) is 0 Å². The highest BCUT2D eigenvalue weighted by molar-refractivity contribution is 6.05. The number of aliphatic hydroxyl groups is 2. The Bertz CT molecular complexity index is 998. The number of rotatable bonds is 3. The molecule has 3 aliphatic heterocycles. The lowest BCUT2D eigenvalue weighted by Crippen LogP contribution is -2.85. The third-order valence-corrected chi connectivity index (χ3v) is 7.74. The maximum Gasteiger partial charge on any atom is 0.326 e. The number of aliphatic hydroxyl groups excluding tert-OH is 2. The van der Waals surface area contributed by atoms with Gasteiger partial charge in [-0.05, 0) is 13.0 Å². The highest BCUT2D eigenvalue weighted by Crippen LogP contribution is 2.68. The van der Waals surface area contributed by atoms with Crippen molar-refractivity contribution in [2.24, 2.45) is 11.3 Å². The fraction of sp³-hybridized carbons (Fsp3) is 0.571. The Labute approximate surface area is 178 Å². The van der Waals surface area contributed by atoms with E-state index in [-0.39, 0.29) is 6.42 Å². The number of carbonyl (C=O) groups is 3. The van der Waals surface area contributed by atoms with Crippen LogP contribution in [-0.2, 0) is 19.7 Å². The predicted octanol–water partition coefficient (Wildman–Crippen LogP) is -0.103. The number of carbonyl (C=O) groups excluding carboxylic acids is 3. The van der Waals surface area contributed by atoms with Crippen molar-refractivity contribution < 1.29 is 38.8 Å². The van der Waals surface area contributed by atoms with Crippen molar-refractivity contribution in [3.63, 3.8) is 0 Å². The zero-order valence-corrected chi connectivity index (χ0v) is 17.3. The number of amides is 3. The van der Waals surface area contributed by atoms with E-state index in [1.165, 1.54) is 12.0 Å². The van der Waals surface area contributed by atoms with Crippen LogP contribution in [0.4, 0.5) is 4.79 Å². The van der Waals surface area contributed by atoms with Crippen LogP contribution in [0.15, 0.2) is 18.2 Å². The van der Waals surface area contributed by atoms with Gasteiger partial charge in [-0.2, -0.15) is 0 Å². The molecule has 3 heterocycles. The molecule has 3 amide bonds. The van der Waals surface area contributed by atoms with Crippen molar-refractivity contribution in [1.29, 1.82) is 0 Å². The van der Waals surface area contributed by atoms with Gasteiger partial charge in [0.05, 0.1) is 37.2 Å². The molecule has 3 N–H and O–H groups in total. The number of imide groups is 1. The summed E-state index contributed by atoms with van der Waals surface area (Å²) in [4.78, 5) is 40.4. The first-order valence-corrected chi connectivity index (χ1v) is 10.2. The van der Waals surface area contributed by atoms with Gasteiger partial charge in [0.15, 0.2) is 0 Å². The van der Waals surface area contributed by atoms with Crippen molar-refractivity contribution in [3.8, 4) is 11.5 Å². The standard InChI is InChI=1S/C21H24N2O8/c1-20-10-5-4-9(29-3)6-12(10)31-17(26)15(20)16-21(20,2)18(27)22-19(28)23(16)14-7-11(25)13(8-24)30-14/h4-6,11,13-16,24-25H,7-8H2,1-3H3,(H,22,27,28). The number of esters is 1. The molecule has 0 bridgehead atoms. The fourth-order valence-electron chi connectivity index (χ4n) is 5.90. The van der Waals surface area contributed by atoms with Gasteiger partial charge in [0, 0.05) is 23.5 Å². The highest BCUT2D eigenvalue weighted by atomic mass is 16.6. The van der Waals surface area contributed by atoms with E-state index in [2.05, 4.69) is 5.32 Å². The van der Waals surface area contributed by atoms with Gasteiger partial charge in [-0.25, -0.2) is 4.79 Å². The molecule has 1 aromatic rings. The SMILES string of the molecule is COc1ccc2c(c1)OC(=O)C1C3N(C4CC(O)C(CO)O4)C(=O)NC(=O)C3(C)C21C. The van der Waals surface area contributed by atoms with Crippen LogP contribution >= 0.6 is 0 Å². The van der Waals surface area contributed by atoms with E-state index in [4.69, 9.17) is 14.2 Å². The van der Waals surface area contributed by atoms with E-state index in [0.29, 0.717) is 17.1 Å². The van der Waals surface area contributed by atoms with E-state index >= 15 is 0 Å². The summed E-state index contributed by atoms with van der Waals surface area (Å²) in [5, 5.41) is 22.0. The molecule has 31 heavy (non-hydrogen) atoms. The molecule has 4 aliphatic rings. The van der Waals surface area contributed by atoms with Crippen LogP contribution in [0.3, 0.4) is 0 Å². The Morgan fingerprint density at radius 1 is 1.26 bits per heavy atom. The Hall–Kier alpha value is -2.69. The Kier molecular flexibility index (Phi) is 4.18. The molecule has 10 nitrogen and oxygen atoms in total. The Morgan fingerprint density at radius 2 is 2.00 bits per heavy atom. The number of fused-ring (bicyclic) bond motifs is 6. The molecule has 5 rings (SSSR count). The van der Waals surface area contributed by atoms with E-state index < -0.39 is 65.7 Å². The molecule has 0 spiro atoms. The largest absolute Gasteiger partial charge is 0.497 e. The van der Waals surface area contributed by atoms with Gasteiger partial charge in [-0.3, -0.25) is 19.8 Å². The second-order valence-corrected chi connectivity index (χ2v) is 8.89. The second-order valence-electron chi connectivity index (χ2n) is 8.89. The summed E-state index contributed by atoms with van der Waals surface area (Å²) in [5.41, 5.74) is -1.41. The summed E-state index contributed by atoms with van der Waals surface area (Å²) in [7, 11) is 1.51. The minimum atomic E-state index is -1.15. The van der Waals surface area contributed by atoms with Gasteiger partial charge in [0.2, 0.25) is 5.91 Å². The van der Waals surface area contributed by atoms with E-state index in [1.54, 1.807) is 25.1 Å². The van der Waals surface area contributed by atoms with Crippen LogP contribution in [-0.4, -0.2) is 71.2 Å². The molecule has 1 saturated carbocycles. The first-order valence-electron chi connectivity index (χ1n) is 10.2. The molecule has 0 radical (unpaired) electrons. The highest BCUT2D eigenvalue weighted by Gasteiger charge is 2.80. The number of hydrogen-bond acceptors (Lipinski definition) is 8. The van der Waals surface area contributed by atoms with Gasteiger partial charge >= 0.3 is 12.0 Å². The fourth-order valence-corrected chi connectivity index (χ4v) is 5.90. The molecule has 7 atom stereocenters. The molecular weight excluding hydrogens is 408 g/mol. The third kappa shape index (κ3) is 2.29. The maximum absolute atomic E-state index is 13.2. The summed E-state index contributed by atoms with van der Waals surface area (Å²) in [6.07, 6.45) is -2.64. The minimum Gasteiger partial charge on any atom is -0.497 e. The van der Waals surface area contributed by atoms with Crippen molar-refractivity contribution in [3.05, 3.63) is 23.8 Å². The molecule has 1 aliphatic carbocycles. The number of benzene rings is 1. The normalized spacial score (nSPS) is 40.9. The van der Waals surface area contributed by atoms with Crippen LogP contribution in [0.5, 0.6) is 11.5 Å². The summed E-state index contributed by atoms with van der Waals surface area (Å²) < 4.78 is 16.5. The molecule has 166 valence electrons.